The summed E-state index contributed by atoms with van der Waals surface area (Å²) in [7, 11) is 4.04. The van der Waals surface area contributed by atoms with Crippen LogP contribution in [0, 0.1) is 5.92 Å². The summed E-state index contributed by atoms with van der Waals surface area (Å²) in [4.78, 5) is 12.3. The molecule has 1 fully saturated rings. The van der Waals surface area contributed by atoms with Crippen LogP contribution in [-0.2, 0) is 8.92 Å². The maximum Gasteiger partial charge on any atom is 0.422 e. The van der Waals surface area contributed by atoms with Crippen LogP contribution in [0.25, 0.3) is 0 Å². The fourth-order valence-corrected chi connectivity index (χ4v) is 3.20. The molecule has 1 amide bonds. The molecular formula is C12H25B2NO3S. The fourth-order valence-electron chi connectivity index (χ4n) is 2.21. The molecule has 19 heavy (non-hydrogen) atoms. The van der Waals surface area contributed by atoms with E-state index in [1.165, 1.54) is 0 Å². The number of nitrogens with zero attached hydrogens (tertiary/aromatic N) is 1. The van der Waals surface area contributed by atoms with Gasteiger partial charge in [-0.2, -0.15) is 0 Å². The second-order valence-corrected chi connectivity index (χ2v) is 8.00. The van der Waals surface area contributed by atoms with Gasteiger partial charge >= 0.3 is 6.09 Å². The summed E-state index contributed by atoms with van der Waals surface area (Å²) in [6.07, 6.45) is 0.540. The molecule has 0 aromatic carbocycles. The van der Waals surface area contributed by atoms with E-state index in [1.54, 1.807) is 4.31 Å². The van der Waals surface area contributed by atoms with Gasteiger partial charge in [0, 0.05) is 5.40 Å². The third kappa shape index (κ3) is 3.63. The zero-order valence-electron chi connectivity index (χ0n) is 13.4. The Bertz CT molecular complexity index is 357. The molecule has 1 unspecified atom stereocenters. The normalized spacial score (nSPS) is 26.8. The molecule has 1 atom stereocenters. The SMILES string of the molecule is BC1(B)OSN(C(=O)OC(C)(C)C)C1(C)CC(C)C. The van der Waals surface area contributed by atoms with E-state index in [-0.39, 0.29) is 11.6 Å². The Morgan fingerprint density at radius 2 is 1.95 bits per heavy atom. The Morgan fingerprint density at radius 3 is 2.37 bits per heavy atom. The maximum atomic E-state index is 12.3. The van der Waals surface area contributed by atoms with Crippen LogP contribution < -0.4 is 0 Å². The smallest absolute Gasteiger partial charge is 0.422 e. The summed E-state index contributed by atoms with van der Waals surface area (Å²) in [5.41, 5.74) is -0.878. The topological polar surface area (TPSA) is 38.8 Å². The summed E-state index contributed by atoms with van der Waals surface area (Å²) in [6.45, 7) is 12.0. The molecule has 7 heteroatoms. The molecule has 1 heterocycles. The van der Waals surface area contributed by atoms with Gasteiger partial charge < -0.3 is 8.92 Å². The van der Waals surface area contributed by atoms with Gasteiger partial charge in [-0.05, 0) is 40.0 Å². The van der Waals surface area contributed by atoms with E-state index in [0.29, 0.717) is 5.92 Å². The van der Waals surface area contributed by atoms with Gasteiger partial charge in [0.25, 0.3) is 0 Å². The lowest BCUT2D eigenvalue weighted by atomic mass is 9.53. The monoisotopic (exact) mass is 285 g/mol. The molecule has 1 saturated heterocycles. The molecule has 0 spiro atoms. The number of hydrogen-bond acceptors (Lipinski definition) is 4. The van der Waals surface area contributed by atoms with E-state index in [0.717, 1.165) is 18.6 Å². The quantitative estimate of drug-likeness (QED) is 0.438. The lowest BCUT2D eigenvalue weighted by molar-refractivity contribution is 0.0199. The summed E-state index contributed by atoms with van der Waals surface area (Å²) in [5.74, 6) is 0.469. The van der Waals surface area contributed by atoms with E-state index < -0.39 is 11.0 Å². The number of rotatable bonds is 2. The Kier molecular flexibility index (Phi) is 4.63. The van der Waals surface area contributed by atoms with Crippen molar-refractivity contribution in [2.45, 2.75) is 64.5 Å². The first kappa shape index (κ1) is 16.8. The molecule has 0 radical (unpaired) electrons. The summed E-state index contributed by atoms with van der Waals surface area (Å²) in [6, 6.07) is 0. The van der Waals surface area contributed by atoms with Crippen molar-refractivity contribution in [2.75, 3.05) is 0 Å². The number of ether oxygens (including phenoxy) is 1. The second kappa shape index (κ2) is 5.24. The predicted molar refractivity (Wildman–Crippen MR) is 84.4 cm³/mol. The van der Waals surface area contributed by atoms with Crippen LogP contribution in [0.5, 0.6) is 0 Å². The average Bonchev–Trinajstić information content (AvgIpc) is 2.33. The molecule has 0 bridgehead atoms. The van der Waals surface area contributed by atoms with Crippen LogP contribution in [0.3, 0.4) is 0 Å². The molecule has 0 aromatic heterocycles. The van der Waals surface area contributed by atoms with Crippen LogP contribution in [0.15, 0.2) is 0 Å². The highest BCUT2D eigenvalue weighted by molar-refractivity contribution is 7.93. The molecule has 0 N–H and O–H groups in total. The van der Waals surface area contributed by atoms with Gasteiger partial charge in [0.2, 0.25) is 0 Å². The molecule has 4 nitrogen and oxygen atoms in total. The molecule has 108 valence electrons. The number of carbonyl (C=O) groups is 1. The zero-order valence-corrected chi connectivity index (χ0v) is 14.2. The van der Waals surface area contributed by atoms with Crippen molar-refractivity contribution < 1.29 is 13.7 Å². The van der Waals surface area contributed by atoms with Gasteiger partial charge in [0.15, 0.2) is 0 Å². The predicted octanol–water partition coefficient (Wildman–Crippen LogP) is 1.54. The average molecular weight is 285 g/mol. The van der Waals surface area contributed by atoms with Crippen molar-refractivity contribution in [3.05, 3.63) is 0 Å². The van der Waals surface area contributed by atoms with Crippen molar-refractivity contribution in [3.8, 4) is 0 Å². The molecule has 1 rings (SSSR count). The van der Waals surface area contributed by atoms with Crippen molar-refractivity contribution in [3.63, 3.8) is 0 Å². The summed E-state index contributed by atoms with van der Waals surface area (Å²) >= 11 is 1.11. The minimum Gasteiger partial charge on any atom is -0.443 e. The molecule has 0 saturated carbocycles. The first-order chi connectivity index (χ1) is 8.39. The van der Waals surface area contributed by atoms with E-state index in [4.69, 9.17) is 8.92 Å². The van der Waals surface area contributed by atoms with Gasteiger partial charge in [0.1, 0.15) is 33.5 Å². The van der Waals surface area contributed by atoms with Crippen molar-refractivity contribution >= 4 is 34.0 Å². The largest absolute Gasteiger partial charge is 0.443 e. The zero-order chi connectivity index (χ0) is 15.1. The highest BCUT2D eigenvalue weighted by atomic mass is 32.2. The fraction of sp³-hybridized carbons (Fsp3) is 0.917. The van der Waals surface area contributed by atoms with Gasteiger partial charge in [0.05, 0.1) is 5.54 Å². The van der Waals surface area contributed by atoms with E-state index in [9.17, 15) is 4.79 Å². The van der Waals surface area contributed by atoms with Gasteiger partial charge in [-0.1, -0.05) is 13.8 Å². The molecule has 0 aliphatic carbocycles. The highest BCUT2D eigenvalue weighted by Gasteiger charge is 2.56. The lowest BCUT2D eigenvalue weighted by Crippen LogP contribution is -2.59. The summed E-state index contributed by atoms with van der Waals surface area (Å²) < 4.78 is 12.9. The number of carbonyl (C=O) groups excluding carboxylic acids is 1. The first-order valence-corrected chi connectivity index (χ1v) is 7.48. The summed E-state index contributed by atoms with van der Waals surface area (Å²) in [5, 5.41) is -0.404. The van der Waals surface area contributed by atoms with Crippen molar-refractivity contribution in [1.29, 1.82) is 0 Å². The molecule has 0 aromatic rings. The second-order valence-electron chi connectivity index (χ2n) is 7.31. The molecule has 1 aliphatic heterocycles. The minimum absolute atomic E-state index is 0.328. The van der Waals surface area contributed by atoms with E-state index in [2.05, 4.69) is 20.8 Å². The number of hydrogen-bond donors (Lipinski definition) is 0. The first-order valence-electron chi connectivity index (χ1n) is 6.78. The van der Waals surface area contributed by atoms with Gasteiger partial charge in [-0.25, -0.2) is 9.10 Å². The Balaban J connectivity index is 2.97. The van der Waals surface area contributed by atoms with Crippen molar-refractivity contribution in [1.82, 2.24) is 4.31 Å². The third-order valence-corrected chi connectivity index (χ3v) is 4.62. The molecule has 1 aliphatic rings. The van der Waals surface area contributed by atoms with E-state index >= 15 is 0 Å². The van der Waals surface area contributed by atoms with Crippen LogP contribution in [0.4, 0.5) is 4.79 Å². The Hall–Kier alpha value is -0.290. The highest BCUT2D eigenvalue weighted by Crippen LogP contribution is 2.47. The van der Waals surface area contributed by atoms with Crippen molar-refractivity contribution in [2.24, 2.45) is 5.92 Å². The standard InChI is InChI=1S/C12H25B2NO3S/c1-8(2)7-11(6)12(13,14)18-19-15(11)9(16)17-10(3,4)5/h8H,7,13-14H2,1-6H3. The van der Waals surface area contributed by atoms with Crippen LogP contribution >= 0.6 is 12.2 Å². The van der Waals surface area contributed by atoms with Crippen LogP contribution in [-0.4, -0.2) is 42.6 Å². The van der Waals surface area contributed by atoms with Crippen LogP contribution in [0.2, 0.25) is 0 Å². The Labute approximate surface area is 123 Å². The van der Waals surface area contributed by atoms with Crippen LogP contribution in [0.1, 0.15) is 48.0 Å². The third-order valence-electron chi connectivity index (χ3n) is 3.43. The van der Waals surface area contributed by atoms with Gasteiger partial charge in [-0.3, -0.25) is 0 Å². The maximum absolute atomic E-state index is 12.3. The molecular weight excluding hydrogens is 260 g/mol. The van der Waals surface area contributed by atoms with E-state index in [1.807, 2.05) is 36.5 Å². The Morgan fingerprint density at radius 1 is 1.42 bits per heavy atom. The van der Waals surface area contributed by atoms with Gasteiger partial charge in [-0.15, -0.1) is 0 Å². The number of amides is 1. The lowest BCUT2D eigenvalue weighted by Gasteiger charge is -2.41. The minimum atomic E-state index is -0.497.